The highest BCUT2D eigenvalue weighted by atomic mass is 19.1. The zero-order valence-electron chi connectivity index (χ0n) is 23.7. The van der Waals surface area contributed by atoms with Crippen molar-refractivity contribution in [2.75, 3.05) is 18.4 Å². The highest BCUT2D eigenvalue weighted by Crippen LogP contribution is 2.36. The van der Waals surface area contributed by atoms with Crippen molar-refractivity contribution in [3.63, 3.8) is 0 Å². The summed E-state index contributed by atoms with van der Waals surface area (Å²) in [6.07, 6.45) is 2.35. The minimum Gasteiger partial charge on any atom is -0.456 e. The summed E-state index contributed by atoms with van der Waals surface area (Å²) in [6.45, 7) is 2.84. The number of likely N-dealkylation sites (tertiary alicyclic amines) is 1. The topological polar surface area (TPSA) is 139 Å². The van der Waals surface area contributed by atoms with Crippen molar-refractivity contribution in [1.29, 1.82) is 0 Å². The molecule has 3 heterocycles. The van der Waals surface area contributed by atoms with Crippen LogP contribution in [0, 0.1) is 11.8 Å². The number of rotatable bonds is 7. The number of carbonyl (C=O) groups excluding carboxylic acids is 2. The lowest BCUT2D eigenvalue weighted by atomic mass is 9.86. The number of amides is 2. The Bertz CT molecular complexity index is 1700. The third-order valence-electron chi connectivity index (χ3n) is 8.02. The summed E-state index contributed by atoms with van der Waals surface area (Å²) in [5.74, 6) is 5.50. The molecular formula is C32H32FN7O3. The fraction of sp³-hybridized carbons (Fsp3) is 0.312. The van der Waals surface area contributed by atoms with Crippen LogP contribution in [-0.2, 0) is 4.79 Å². The normalized spacial score (nSPS) is 20.0. The number of carbonyl (C=O) groups is 2. The quantitative estimate of drug-likeness (QED) is 0.0889. The molecule has 0 radical (unpaired) electrons. The Labute approximate surface area is 247 Å². The van der Waals surface area contributed by atoms with Gasteiger partial charge in [0.2, 0.25) is 5.91 Å². The van der Waals surface area contributed by atoms with E-state index in [0.29, 0.717) is 41.6 Å². The van der Waals surface area contributed by atoms with Crippen LogP contribution in [-0.4, -0.2) is 46.8 Å². The zero-order chi connectivity index (χ0) is 29.9. The van der Waals surface area contributed by atoms with Crippen molar-refractivity contribution in [1.82, 2.24) is 9.88 Å². The number of amidine groups is 1. The Kier molecular flexibility index (Phi) is 7.95. The maximum absolute atomic E-state index is 13.5. The maximum Gasteiger partial charge on any atom is 0.272 e. The van der Waals surface area contributed by atoms with Crippen molar-refractivity contribution >= 4 is 34.3 Å². The van der Waals surface area contributed by atoms with Crippen molar-refractivity contribution < 1.29 is 18.4 Å². The van der Waals surface area contributed by atoms with Crippen molar-refractivity contribution in [3.05, 3.63) is 84.2 Å². The molecule has 10 nitrogen and oxygen atoms in total. The molecule has 220 valence electrons. The highest BCUT2D eigenvalue weighted by molar-refractivity contribution is 5.97. The van der Waals surface area contributed by atoms with Gasteiger partial charge in [0.1, 0.15) is 23.2 Å². The summed E-state index contributed by atoms with van der Waals surface area (Å²) in [4.78, 5) is 31.8. The van der Waals surface area contributed by atoms with Crippen LogP contribution in [0.4, 0.5) is 10.1 Å². The maximum atomic E-state index is 13.5. The molecule has 2 aromatic carbocycles. The SMILES string of the molecule is CC(N=NC(c1ccccc1)C1CCN(C(=O)c2cc(-c3cc4cc(NC(=O)[C@@H]5C[C@@H]5F)ccc4o3)ccn2)CC1)=NN. The van der Waals surface area contributed by atoms with Crippen LogP contribution in [0.25, 0.3) is 22.3 Å². The molecule has 2 fully saturated rings. The molecule has 0 spiro atoms. The van der Waals surface area contributed by atoms with E-state index in [9.17, 15) is 14.0 Å². The Balaban J connectivity index is 1.13. The number of alkyl halides is 1. The Morgan fingerprint density at radius 1 is 1.09 bits per heavy atom. The van der Waals surface area contributed by atoms with Gasteiger partial charge in [-0.15, -0.1) is 5.11 Å². The van der Waals surface area contributed by atoms with Gasteiger partial charge >= 0.3 is 0 Å². The monoisotopic (exact) mass is 581 g/mol. The first-order valence-electron chi connectivity index (χ1n) is 14.3. The van der Waals surface area contributed by atoms with Crippen LogP contribution in [0.3, 0.4) is 0 Å². The smallest absolute Gasteiger partial charge is 0.272 e. The number of anilines is 1. The average molecular weight is 582 g/mol. The number of piperidine rings is 1. The van der Waals surface area contributed by atoms with E-state index in [1.54, 1.807) is 43.5 Å². The van der Waals surface area contributed by atoms with E-state index < -0.39 is 12.1 Å². The molecule has 4 aromatic rings. The van der Waals surface area contributed by atoms with Gasteiger partial charge in [-0.05, 0) is 74.1 Å². The summed E-state index contributed by atoms with van der Waals surface area (Å²) in [7, 11) is 0. The van der Waals surface area contributed by atoms with Gasteiger partial charge in [-0.3, -0.25) is 14.6 Å². The van der Waals surface area contributed by atoms with Crippen LogP contribution < -0.4 is 11.2 Å². The number of hydrogen-bond donors (Lipinski definition) is 2. The predicted molar refractivity (Wildman–Crippen MR) is 161 cm³/mol. The Morgan fingerprint density at radius 2 is 1.86 bits per heavy atom. The number of hydrogen-bond acceptors (Lipinski definition) is 7. The largest absolute Gasteiger partial charge is 0.456 e. The Hall–Kier alpha value is -4.93. The molecule has 1 unspecified atom stereocenters. The van der Waals surface area contributed by atoms with Gasteiger partial charge in [-0.1, -0.05) is 30.3 Å². The number of hydrazone groups is 1. The number of azo groups is 1. The molecular weight excluding hydrogens is 549 g/mol. The Morgan fingerprint density at radius 3 is 2.58 bits per heavy atom. The summed E-state index contributed by atoms with van der Waals surface area (Å²) >= 11 is 0. The summed E-state index contributed by atoms with van der Waals surface area (Å²) < 4.78 is 19.3. The van der Waals surface area contributed by atoms with Crippen LogP contribution in [0.15, 0.2) is 92.7 Å². The molecule has 1 saturated heterocycles. The summed E-state index contributed by atoms with van der Waals surface area (Å²) in [5.41, 5.74) is 3.33. The molecule has 2 aliphatic rings. The first-order valence-corrected chi connectivity index (χ1v) is 14.3. The third kappa shape index (κ3) is 6.30. The number of pyridine rings is 1. The van der Waals surface area contributed by atoms with Gasteiger partial charge < -0.3 is 20.5 Å². The lowest BCUT2D eigenvalue weighted by Gasteiger charge is -2.34. The molecule has 3 atom stereocenters. The molecule has 1 saturated carbocycles. The molecule has 11 heteroatoms. The molecule has 2 aromatic heterocycles. The van der Waals surface area contributed by atoms with Gasteiger partial charge in [0.05, 0.1) is 12.0 Å². The van der Waals surface area contributed by atoms with E-state index in [0.717, 1.165) is 29.4 Å². The standard InChI is InChI=1S/C32H32FN7O3/c1-19(37-34)38-39-30(20-5-3-2-4-6-20)21-10-13-40(14-11-21)32(42)27-16-22(9-12-35-27)29-17-23-15-24(7-8-28(23)43-29)36-31(41)25-18-26(25)33/h2-9,12,15-17,21,25-26,30H,10-11,13-14,18,34H2,1H3,(H,36,41)/t25-,26+,30?/m1/s1. The van der Waals surface area contributed by atoms with Crippen molar-refractivity contribution in [3.8, 4) is 11.3 Å². The number of nitrogens with one attached hydrogen (secondary N) is 1. The lowest BCUT2D eigenvalue weighted by Crippen LogP contribution is -2.40. The van der Waals surface area contributed by atoms with E-state index in [4.69, 9.17) is 10.3 Å². The van der Waals surface area contributed by atoms with Gasteiger partial charge in [0.25, 0.3) is 5.91 Å². The number of fused-ring (bicyclic) bond motifs is 1. The number of benzene rings is 2. The van der Waals surface area contributed by atoms with Gasteiger partial charge in [-0.25, -0.2) is 4.39 Å². The second-order valence-corrected chi connectivity index (χ2v) is 11.0. The number of aromatic nitrogens is 1. The predicted octanol–water partition coefficient (Wildman–Crippen LogP) is 6.13. The van der Waals surface area contributed by atoms with E-state index in [1.165, 1.54) is 0 Å². The molecule has 1 aliphatic carbocycles. The van der Waals surface area contributed by atoms with E-state index >= 15 is 0 Å². The second kappa shape index (κ2) is 12.1. The van der Waals surface area contributed by atoms with Crippen LogP contribution in [0.5, 0.6) is 0 Å². The fourth-order valence-corrected chi connectivity index (χ4v) is 5.47. The minimum atomic E-state index is -1.05. The van der Waals surface area contributed by atoms with E-state index in [2.05, 4.69) is 25.6 Å². The number of furan rings is 1. The molecule has 2 amide bonds. The number of nitrogens with zero attached hydrogens (tertiary/aromatic N) is 5. The highest BCUT2D eigenvalue weighted by Gasteiger charge is 2.43. The lowest BCUT2D eigenvalue weighted by molar-refractivity contribution is -0.117. The van der Waals surface area contributed by atoms with Crippen LogP contribution >= 0.6 is 0 Å². The minimum absolute atomic E-state index is 0.142. The molecule has 3 N–H and O–H groups in total. The van der Waals surface area contributed by atoms with Gasteiger partial charge in [-0.2, -0.15) is 10.2 Å². The van der Waals surface area contributed by atoms with Crippen molar-refractivity contribution in [2.45, 2.75) is 38.4 Å². The van der Waals surface area contributed by atoms with E-state index in [-0.39, 0.29) is 30.2 Å². The van der Waals surface area contributed by atoms with Gasteiger partial charge in [0.15, 0.2) is 5.84 Å². The van der Waals surface area contributed by atoms with Crippen LogP contribution in [0.2, 0.25) is 0 Å². The zero-order valence-corrected chi connectivity index (χ0v) is 23.7. The summed E-state index contributed by atoms with van der Waals surface area (Å²) in [5, 5.41) is 15.9. The summed E-state index contributed by atoms with van der Waals surface area (Å²) in [6, 6.07) is 20.5. The molecule has 0 bridgehead atoms. The van der Waals surface area contributed by atoms with Crippen LogP contribution in [0.1, 0.15) is 48.3 Å². The second-order valence-electron chi connectivity index (χ2n) is 11.0. The molecule has 43 heavy (non-hydrogen) atoms. The van der Waals surface area contributed by atoms with E-state index in [1.807, 2.05) is 41.3 Å². The molecule has 1 aliphatic heterocycles. The molecule has 6 rings (SSSR count). The fourth-order valence-electron chi connectivity index (χ4n) is 5.47. The average Bonchev–Trinajstić information content (AvgIpc) is 3.63. The third-order valence-corrected chi connectivity index (χ3v) is 8.02. The first-order chi connectivity index (χ1) is 20.9. The number of halogens is 1. The van der Waals surface area contributed by atoms with Gasteiger partial charge in [0, 0.05) is 35.9 Å². The first kappa shape index (κ1) is 28.2. The number of nitrogens with two attached hydrogens (primary N) is 1. The van der Waals surface area contributed by atoms with Crippen molar-refractivity contribution in [2.24, 2.45) is 33.0 Å².